The van der Waals surface area contributed by atoms with Crippen LogP contribution in [0.15, 0.2) is 42.9 Å². The summed E-state index contributed by atoms with van der Waals surface area (Å²) in [6, 6.07) is 6.91. The third-order valence-electron chi connectivity index (χ3n) is 3.04. The van der Waals surface area contributed by atoms with Gasteiger partial charge in [-0.1, -0.05) is 12.1 Å². The summed E-state index contributed by atoms with van der Waals surface area (Å²) in [5.41, 5.74) is 0.569. The van der Waals surface area contributed by atoms with E-state index in [0.717, 1.165) is 5.39 Å². The van der Waals surface area contributed by atoms with Crippen LogP contribution in [-0.4, -0.2) is 25.5 Å². The number of phenolic OH excluding ortho intramolecular Hbond substituents is 1. The summed E-state index contributed by atoms with van der Waals surface area (Å²) in [6.45, 7) is 0. The monoisotopic (exact) mass is 268 g/mol. The SMILES string of the molecule is Cn1ccnc1NC(=O)c1ccc2cccnc2c1O. The van der Waals surface area contributed by atoms with E-state index in [2.05, 4.69) is 15.3 Å². The van der Waals surface area contributed by atoms with Crippen LogP contribution >= 0.6 is 0 Å². The van der Waals surface area contributed by atoms with Crippen LogP contribution in [-0.2, 0) is 7.05 Å². The van der Waals surface area contributed by atoms with Crippen LogP contribution in [0.25, 0.3) is 10.9 Å². The van der Waals surface area contributed by atoms with Crippen LogP contribution in [0.3, 0.4) is 0 Å². The maximum atomic E-state index is 12.2. The first-order valence-corrected chi connectivity index (χ1v) is 6.02. The summed E-state index contributed by atoms with van der Waals surface area (Å²) in [4.78, 5) is 20.3. The van der Waals surface area contributed by atoms with E-state index in [9.17, 15) is 9.90 Å². The van der Waals surface area contributed by atoms with E-state index in [-0.39, 0.29) is 11.3 Å². The number of rotatable bonds is 2. The van der Waals surface area contributed by atoms with Gasteiger partial charge in [0.15, 0.2) is 5.75 Å². The molecule has 100 valence electrons. The second-order valence-corrected chi connectivity index (χ2v) is 4.35. The molecule has 0 unspecified atom stereocenters. The Morgan fingerprint density at radius 1 is 1.25 bits per heavy atom. The van der Waals surface area contributed by atoms with E-state index in [4.69, 9.17) is 0 Å². The van der Waals surface area contributed by atoms with Crippen molar-refractivity contribution in [1.29, 1.82) is 0 Å². The smallest absolute Gasteiger partial charge is 0.261 e. The molecule has 3 rings (SSSR count). The molecule has 0 radical (unpaired) electrons. The summed E-state index contributed by atoms with van der Waals surface area (Å²) in [7, 11) is 1.77. The van der Waals surface area contributed by atoms with Crippen molar-refractivity contribution in [3.05, 3.63) is 48.4 Å². The van der Waals surface area contributed by atoms with E-state index in [0.29, 0.717) is 11.5 Å². The molecule has 1 aromatic carbocycles. The topological polar surface area (TPSA) is 80.0 Å². The normalized spacial score (nSPS) is 10.7. The lowest BCUT2D eigenvalue weighted by molar-refractivity contribution is 0.102. The minimum atomic E-state index is -0.427. The number of imidazole rings is 1. The van der Waals surface area contributed by atoms with Crippen LogP contribution in [0.2, 0.25) is 0 Å². The number of hydrogen-bond acceptors (Lipinski definition) is 4. The van der Waals surface area contributed by atoms with Crippen molar-refractivity contribution in [3.8, 4) is 5.75 Å². The minimum absolute atomic E-state index is 0.130. The summed E-state index contributed by atoms with van der Waals surface area (Å²) in [6.07, 6.45) is 4.87. The molecule has 2 heterocycles. The van der Waals surface area contributed by atoms with Crippen LogP contribution in [0, 0.1) is 0 Å². The number of amides is 1. The van der Waals surface area contributed by atoms with Gasteiger partial charge < -0.3 is 9.67 Å². The van der Waals surface area contributed by atoms with Gasteiger partial charge in [0.25, 0.3) is 5.91 Å². The molecule has 0 spiro atoms. The highest BCUT2D eigenvalue weighted by atomic mass is 16.3. The van der Waals surface area contributed by atoms with E-state index < -0.39 is 5.91 Å². The molecule has 1 amide bonds. The van der Waals surface area contributed by atoms with Crippen molar-refractivity contribution < 1.29 is 9.90 Å². The lowest BCUT2D eigenvalue weighted by Crippen LogP contribution is -2.15. The number of aryl methyl sites for hydroxylation is 1. The number of aromatic hydroxyl groups is 1. The number of carbonyl (C=O) groups excluding carboxylic acids is 1. The molecule has 0 bridgehead atoms. The number of nitrogens with one attached hydrogen (secondary N) is 1. The second kappa shape index (κ2) is 4.65. The number of pyridine rings is 1. The van der Waals surface area contributed by atoms with Crippen LogP contribution in [0.5, 0.6) is 5.75 Å². The average molecular weight is 268 g/mol. The molecule has 0 saturated carbocycles. The Morgan fingerprint density at radius 2 is 2.10 bits per heavy atom. The summed E-state index contributed by atoms with van der Waals surface area (Å²) in [5.74, 6) is -0.144. The first-order chi connectivity index (χ1) is 9.66. The van der Waals surface area contributed by atoms with Crippen molar-refractivity contribution in [2.24, 2.45) is 7.05 Å². The van der Waals surface area contributed by atoms with Gasteiger partial charge in [0.05, 0.1) is 5.56 Å². The number of phenols is 1. The quantitative estimate of drug-likeness (QED) is 0.744. The van der Waals surface area contributed by atoms with Gasteiger partial charge in [-0.3, -0.25) is 15.1 Å². The Balaban J connectivity index is 2.00. The number of hydrogen-bond donors (Lipinski definition) is 2. The zero-order chi connectivity index (χ0) is 14.1. The molecular weight excluding hydrogens is 256 g/mol. The van der Waals surface area contributed by atoms with E-state index in [1.165, 1.54) is 0 Å². The second-order valence-electron chi connectivity index (χ2n) is 4.35. The maximum Gasteiger partial charge on any atom is 0.261 e. The maximum absolute atomic E-state index is 12.2. The lowest BCUT2D eigenvalue weighted by atomic mass is 10.1. The van der Waals surface area contributed by atoms with Crippen LogP contribution in [0.1, 0.15) is 10.4 Å². The van der Waals surface area contributed by atoms with Gasteiger partial charge in [0.1, 0.15) is 5.52 Å². The molecule has 3 aromatic rings. The number of carbonyl (C=O) groups is 1. The standard InChI is InChI=1S/C14H12N4O2/c1-18-8-7-16-14(18)17-13(20)10-5-4-9-3-2-6-15-11(9)12(10)19/h2-8,19H,1H3,(H,16,17,20). The van der Waals surface area contributed by atoms with Crippen molar-refractivity contribution >= 4 is 22.8 Å². The Hall–Kier alpha value is -2.89. The molecule has 20 heavy (non-hydrogen) atoms. The molecular formula is C14H12N4O2. The zero-order valence-electron chi connectivity index (χ0n) is 10.7. The largest absolute Gasteiger partial charge is 0.505 e. The fraction of sp³-hybridized carbons (Fsp3) is 0.0714. The van der Waals surface area contributed by atoms with Crippen molar-refractivity contribution in [1.82, 2.24) is 14.5 Å². The third-order valence-corrected chi connectivity index (χ3v) is 3.04. The molecule has 0 aliphatic rings. The zero-order valence-corrected chi connectivity index (χ0v) is 10.7. The van der Waals surface area contributed by atoms with Crippen LogP contribution < -0.4 is 5.32 Å². The predicted octanol–water partition coefficient (Wildman–Crippen LogP) is 1.93. The van der Waals surface area contributed by atoms with Crippen molar-refractivity contribution in [3.63, 3.8) is 0 Å². The van der Waals surface area contributed by atoms with Crippen molar-refractivity contribution in [2.75, 3.05) is 5.32 Å². The highest BCUT2D eigenvalue weighted by molar-refractivity contribution is 6.08. The molecule has 6 heteroatoms. The first-order valence-electron chi connectivity index (χ1n) is 6.02. The van der Waals surface area contributed by atoms with Gasteiger partial charge in [0, 0.05) is 31.0 Å². The van der Waals surface area contributed by atoms with E-state index in [1.807, 2.05) is 6.07 Å². The van der Waals surface area contributed by atoms with Crippen molar-refractivity contribution in [2.45, 2.75) is 0 Å². The highest BCUT2D eigenvalue weighted by Crippen LogP contribution is 2.27. The van der Waals surface area contributed by atoms with E-state index >= 15 is 0 Å². The van der Waals surface area contributed by atoms with Gasteiger partial charge in [0.2, 0.25) is 5.95 Å². The summed E-state index contributed by atoms with van der Waals surface area (Å²) < 4.78 is 1.67. The fourth-order valence-electron chi connectivity index (χ4n) is 1.97. The molecule has 0 saturated heterocycles. The Labute approximate surface area is 114 Å². The number of nitrogens with zero attached hydrogens (tertiary/aromatic N) is 3. The molecule has 0 aliphatic carbocycles. The van der Waals surface area contributed by atoms with Gasteiger partial charge in [-0.05, 0) is 12.1 Å². The molecule has 6 nitrogen and oxygen atoms in total. The van der Waals surface area contributed by atoms with E-state index in [1.54, 1.807) is 48.4 Å². The van der Waals surface area contributed by atoms with Gasteiger partial charge in [-0.15, -0.1) is 0 Å². The summed E-state index contributed by atoms with van der Waals surface area (Å²) in [5, 5.41) is 13.6. The molecule has 0 atom stereocenters. The fourth-order valence-corrected chi connectivity index (χ4v) is 1.97. The van der Waals surface area contributed by atoms with Gasteiger partial charge in [-0.25, -0.2) is 4.98 Å². The Morgan fingerprint density at radius 3 is 2.85 bits per heavy atom. The van der Waals surface area contributed by atoms with Gasteiger partial charge >= 0.3 is 0 Å². The minimum Gasteiger partial charge on any atom is -0.505 e. The number of benzene rings is 1. The molecule has 0 aliphatic heterocycles. The van der Waals surface area contributed by atoms with Crippen LogP contribution in [0.4, 0.5) is 5.95 Å². The predicted molar refractivity (Wildman–Crippen MR) is 74.6 cm³/mol. The highest BCUT2D eigenvalue weighted by Gasteiger charge is 2.15. The Bertz CT molecular complexity index is 795. The number of anilines is 1. The first kappa shape index (κ1) is 12.2. The summed E-state index contributed by atoms with van der Waals surface area (Å²) >= 11 is 0. The molecule has 0 fully saturated rings. The number of aromatic nitrogens is 3. The molecule has 2 N–H and O–H groups in total. The molecule has 2 aromatic heterocycles. The number of fused-ring (bicyclic) bond motifs is 1. The third kappa shape index (κ3) is 1.97. The van der Waals surface area contributed by atoms with Gasteiger partial charge in [-0.2, -0.15) is 0 Å². The average Bonchev–Trinajstić information content (AvgIpc) is 2.85. The lowest BCUT2D eigenvalue weighted by Gasteiger charge is -2.08. The Kier molecular flexibility index (Phi) is 2.83.